The Kier molecular flexibility index (Phi) is 6.29. The van der Waals surface area contributed by atoms with Crippen LogP contribution in [0.2, 0.25) is 5.02 Å². The molecule has 1 aliphatic rings. The van der Waals surface area contributed by atoms with Crippen LogP contribution < -0.4 is 10.6 Å². The van der Waals surface area contributed by atoms with Gasteiger partial charge < -0.3 is 10.6 Å². The van der Waals surface area contributed by atoms with Crippen LogP contribution in [-0.4, -0.2) is 23.5 Å². The predicted molar refractivity (Wildman–Crippen MR) is 102 cm³/mol. The molecule has 0 bridgehead atoms. The van der Waals surface area contributed by atoms with Crippen LogP contribution in [-0.2, 0) is 6.42 Å². The van der Waals surface area contributed by atoms with Gasteiger partial charge in [0.15, 0.2) is 0 Å². The summed E-state index contributed by atoms with van der Waals surface area (Å²) in [4.78, 5) is 16.6. The minimum Gasteiger partial charge on any atom is -0.370 e. The van der Waals surface area contributed by atoms with Gasteiger partial charge in [0.1, 0.15) is 5.82 Å². The SMILES string of the molecule is O=C(NC1CCCCC1)c1ccc(NCCc2ccc(Cl)cc2)nc1. The van der Waals surface area contributed by atoms with E-state index in [0.29, 0.717) is 11.6 Å². The van der Waals surface area contributed by atoms with Crippen LogP contribution in [0, 0.1) is 0 Å². The van der Waals surface area contributed by atoms with E-state index in [9.17, 15) is 4.79 Å². The molecule has 1 fully saturated rings. The Morgan fingerprint density at radius 1 is 1.08 bits per heavy atom. The number of hydrogen-bond acceptors (Lipinski definition) is 3. The van der Waals surface area contributed by atoms with E-state index >= 15 is 0 Å². The molecule has 0 unspecified atom stereocenters. The largest absolute Gasteiger partial charge is 0.370 e. The average Bonchev–Trinajstić information content (AvgIpc) is 2.65. The van der Waals surface area contributed by atoms with Crippen LogP contribution in [0.15, 0.2) is 42.6 Å². The first-order valence-electron chi connectivity index (χ1n) is 8.96. The van der Waals surface area contributed by atoms with Gasteiger partial charge in [-0.25, -0.2) is 4.98 Å². The minimum atomic E-state index is -0.0212. The Balaban J connectivity index is 1.46. The van der Waals surface area contributed by atoms with Gasteiger partial charge in [-0.05, 0) is 49.1 Å². The van der Waals surface area contributed by atoms with Crippen LogP contribution >= 0.6 is 11.6 Å². The van der Waals surface area contributed by atoms with Crippen molar-refractivity contribution in [1.29, 1.82) is 0 Å². The second-order valence-corrected chi connectivity index (χ2v) is 6.98. The lowest BCUT2D eigenvalue weighted by molar-refractivity contribution is 0.0927. The van der Waals surface area contributed by atoms with Gasteiger partial charge in [-0.1, -0.05) is 43.0 Å². The van der Waals surface area contributed by atoms with Gasteiger partial charge in [-0.15, -0.1) is 0 Å². The number of nitrogens with one attached hydrogen (secondary N) is 2. The van der Waals surface area contributed by atoms with Crippen molar-refractivity contribution >= 4 is 23.3 Å². The van der Waals surface area contributed by atoms with E-state index in [1.165, 1.54) is 24.8 Å². The molecule has 0 aliphatic heterocycles. The number of anilines is 1. The smallest absolute Gasteiger partial charge is 0.253 e. The van der Waals surface area contributed by atoms with E-state index in [1.54, 1.807) is 6.20 Å². The van der Waals surface area contributed by atoms with Gasteiger partial charge in [0.05, 0.1) is 5.56 Å². The summed E-state index contributed by atoms with van der Waals surface area (Å²) < 4.78 is 0. The molecule has 0 radical (unpaired) electrons. The van der Waals surface area contributed by atoms with Crippen LogP contribution in [0.25, 0.3) is 0 Å². The molecule has 25 heavy (non-hydrogen) atoms. The van der Waals surface area contributed by atoms with E-state index in [0.717, 1.165) is 36.6 Å². The summed E-state index contributed by atoms with van der Waals surface area (Å²) in [7, 11) is 0. The second kappa shape index (κ2) is 8.86. The number of pyridine rings is 1. The summed E-state index contributed by atoms with van der Waals surface area (Å²) in [5, 5.41) is 7.14. The minimum absolute atomic E-state index is 0.0212. The fourth-order valence-electron chi connectivity index (χ4n) is 3.13. The van der Waals surface area contributed by atoms with Gasteiger partial charge in [-0.2, -0.15) is 0 Å². The normalized spacial score (nSPS) is 14.9. The maximum absolute atomic E-state index is 12.3. The zero-order valence-corrected chi connectivity index (χ0v) is 15.1. The molecule has 3 rings (SSSR count). The number of nitrogens with zero attached hydrogens (tertiary/aromatic N) is 1. The lowest BCUT2D eigenvalue weighted by Crippen LogP contribution is -2.36. The number of carbonyl (C=O) groups excluding carboxylic acids is 1. The molecule has 1 aliphatic carbocycles. The summed E-state index contributed by atoms with van der Waals surface area (Å²) in [6.45, 7) is 0.780. The van der Waals surface area contributed by atoms with Crippen LogP contribution in [0.4, 0.5) is 5.82 Å². The molecule has 132 valence electrons. The Bertz CT molecular complexity index is 679. The summed E-state index contributed by atoms with van der Waals surface area (Å²) in [6.07, 6.45) is 8.40. The number of halogens is 1. The lowest BCUT2D eigenvalue weighted by Gasteiger charge is -2.22. The highest BCUT2D eigenvalue weighted by atomic mass is 35.5. The Morgan fingerprint density at radius 2 is 1.84 bits per heavy atom. The Morgan fingerprint density at radius 3 is 2.52 bits per heavy atom. The average molecular weight is 358 g/mol. The molecular weight excluding hydrogens is 334 g/mol. The maximum atomic E-state index is 12.3. The van der Waals surface area contributed by atoms with Crippen molar-refractivity contribution in [3.05, 3.63) is 58.7 Å². The summed E-state index contributed by atoms with van der Waals surface area (Å²) in [6, 6.07) is 11.8. The topological polar surface area (TPSA) is 54.0 Å². The molecule has 2 aromatic rings. The van der Waals surface area contributed by atoms with E-state index in [1.807, 2.05) is 36.4 Å². The third-order valence-corrected chi connectivity index (χ3v) is 4.85. The van der Waals surface area contributed by atoms with Gasteiger partial charge in [-0.3, -0.25) is 4.79 Å². The number of amides is 1. The third kappa shape index (κ3) is 5.46. The third-order valence-electron chi connectivity index (χ3n) is 4.60. The van der Waals surface area contributed by atoms with E-state index in [-0.39, 0.29) is 5.91 Å². The molecule has 0 atom stereocenters. The highest BCUT2D eigenvalue weighted by Crippen LogP contribution is 2.18. The zero-order chi connectivity index (χ0) is 17.5. The molecule has 0 saturated heterocycles. The number of rotatable bonds is 6. The van der Waals surface area contributed by atoms with Crippen molar-refractivity contribution in [3.63, 3.8) is 0 Å². The molecular formula is C20H24ClN3O. The van der Waals surface area contributed by atoms with Crippen molar-refractivity contribution in [2.75, 3.05) is 11.9 Å². The van der Waals surface area contributed by atoms with Crippen molar-refractivity contribution in [1.82, 2.24) is 10.3 Å². The molecule has 1 aromatic carbocycles. The van der Waals surface area contributed by atoms with E-state index < -0.39 is 0 Å². The summed E-state index contributed by atoms with van der Waals surface area (Å²) in [5.74, 6) is 0.760. The molecule has 4 nitrogen and oxygen atoms in total. The number of aromatic nitrogens is 1. The highest BCUT2D eigenvalue weighted by Gasteiger charge is 2.16. The predicted octanol–water partition coefficient (Wildman–Crippen LogP) is 4.45. The van der Waals surface area contributed by atoms with Crippen molar-refractivity contribution in [2.45, 2.75) is 44.6 Å². The van der Waals surface area contributed by atoms with Crippen molar-refractivity contribution < 1.29 is 4.79 Å². The summed E-state index contributed by atoms with van der Waals surface area (Å²) >= 11 is 5.89. The first-order chi connectivity index (χ1) is 12.2. The Labute approximate surface area is 154 Å². The molecule has 5 heteroatoms. The molecule has 1 aromatic heterocycles. The van der Waals surface area contributed by atoms with Crippen molar-refractivity contribution in [2.24, 2.45) is 0 Å². The molecule has 1 amide bonds. The summed E-state index contributed by atoms with van der Waals surface area (Å²) in [5.41, 5.74) is 1.84. The van der Waals surface area contributed by atoms with Gasteiger partial charge >= 0.3 is 0 Å². The quantitative estimate of drug-likeness (QED) is 0.802. The zero-order valence-electron chi connectivity index (χ0n) is 14.3. The number of hydrogen-bond donors (Lipinski definition) is 2. The first-order valence-corrected chi connectivity index (χ1v) is 9.34. The fraction of sp³-hybridized carbons (Fsp3) is 0.400. The lowest BCUT2D eigenvalue weighted by atomic mass is 9.95. The monoisotopic (exact) mass is 357 g/mol. The van der Waals surface area contributed by atoms with Crippen LogP contribution in [0.1, 0.15) is 48.0 Å². The van der Waals surface area contributed by atoms with E-state index in [2.05, 4.69) is 15.6 Å². The highest BCUT2D eigenvalue weighted by molar-refractivity contribution is 6.30. The van der Waals surface area contributed by atoms with Gasteiger partial charge in [0.25, 0.3) is 5.91 Å². The second-order valence-electron chi connectivity index (χ2n) is 6.54. The first kappa shape index (κ1) is 17.7. The van der Waals surface area contributed by atoms with E-state index in [4.69, 9.17) is 11.6 Å². The van der Waals surface area contributed by atoms with Crippen LogP contribution in [0.5, 0.6) is 0 Å². The standard InChI is InChI=1S/C20H24ClN3O/c21-17-9-6-15(7-10-17)12-13-22-19-11-8-16(14-23-19)20(25)24-18-4-2-1-3-5-18/h6-11,14,18H,1-5,12-13H2,(H,22,23)(H,24,25). The van der Waals surface area contributed by atoms with Crippen molar-refractivity contribution in [3.8, 4) is 0 Å². The number of benzene rings is 1. The fourth-order valence-corrected chi connectivity index (χ4v) is 3.26. The molecule has 1 heterocycles. The number of carbonyl (C=O) groups is 1. The molecule has 0 spiro atoms. The van der Waals surface area contributed by atoms with Gasteiger partial charge in [0, 0.05) is 23.8 Å². The van der Waals surface area contributed by atoms with Gasteiger partial charge in [0.2, 0.25) is 0 Å². The molecule has 1 saturated carbocycles. The maximum Gasteiger partial charge on any atom is 0.253 e. The molecule has 2 N–H and O–H groups in total. The Hall–Kier alpha value is -2.07. The van der Waals surface area contributed by atoms with Crippen LogP contribution in [0.3, 0.4) is 0 Å².